The lowest BCUT2D eigenvalue weighted by Crippen LogP contribution is -2.42. The zero-order chi connectivity index (χ0) is 18.2. The number of likely N-dealkylation sites (tertiary alicyclic amines) is 2. The summed E-state index contributed by atoms with van der Waals surface area (Å²) in [6, 6.07) is 10.4. The Labute approximate surface area is 158 Å². The van der Waals surface area contributed by atoms with E-state index >= 15 is 0 Å². The van der Waals surface area contributed by atoms with E-state index in [0.717, 1.165) is 38.1 Å². The molecule has 0 aliphatic carbocycles. The van der Waals surface area contributed by atoms with E-state index < -0.39 is 0 Å². The number of hydrogen-bond donors (Lipinski definition) is 1. The van der Waals surface area contributed by atoms with Gasteiger partial charge in [0.2, 0.25) is 0 Å². The van der Waals surface area contributed by atoms with Crippen molar-refractivity contribution in [3.05, 3.63) is 35.9 Å². The second kappa shape index (κ2) is 9.93. The first-order valence-electron chi connectivity index (χ1n) is 10.1. The van der Waals surface area contributed by atoms with Crippen molar-refractivity contribution in [3.63, 3.8) is 0 Å². The van der Waals surface area contributed by atoms with Crippen LogP contribution in [0.1, 0.15) is 25.3 Å². The summed E-state index contributed by atoms with van der Waals surface area (Å²) in [7, 11) is 1.90. The number of aliphatic imine (C=N–C) groups is 1. The van der Waals surface area contributed by atoms with Gasteiger partial charge >= 0.3 is 0 Å². The van der Waals surface area contributed by atoms with Gasteiger partial charge in [-0.3, -0.25) is 4.99 Å². The molecule has 3 rings (SSSR count). The summed E-state index contributed by atoms with van der Waals surface area (Å²) in [6.07, 6.45) is 2.48. The molecule has 0 aromatic heterocycles. The Bertz CT molecular complexity index is 562. The first-order valence-corrected chi connectivity index (χ1v) is 10.1. The van der Waals surface area contributed by atoms with Crippen LogP contribution in [-0.4, -0.2) is 68.7 Å². The van der Waals surface area contributed by atoms with E-state index in [4.69, 9.17) is 4.74 Å². The highest BCUT2D eigenvalue weighted by atomic mass is 16.5. The zero-order valence-corrected chi connectivity index (χ0v) is 16.4. The van der Waals surface area contributed by atoms with Crippen LogP contribution in [0.2, 0.25) is 0 Å². The van der Waals surface area contributed by atoms with Gasteiger partial charge in [0.25, 0.3) is 0 Å². The van der Waals surface area contributed by atoms with Crippen LogP contribution < -0.4 is 5.32 Å². The number of rotatable bonds is 7. The number of nitrogens with one attached hydrogen (secondary N) is 1. The third kappa shape index (κ3) is 5.45. The molecule has 26 heavy (non-hydrogen) atoms. The first-order chi connectivity index (χ1) is 12.8. The smallest absolute Gasteiger partial charge is 0.193 e. The standard InChI is InChI=1S/C21H34N4O/c1-3-24-11-9-19(14-24)13-23-21(22-2)25-12-10-20(15-25)17-26-16-18-7-5-4-6-8-18/h4-8,19-20H,3,9-17H2,1-2H3,(H,22,23). The first kappa shape index (κ1) is 19.2. The Morgan fingerprint density at radius 2 is 1.96 bits per heavy atom. The molecule has 2 unspecified atom stereocenters. The van der Waals surface area contributed by atoms with Crippen LogP contribution in [0.25, 0.3) is 0 Å². The third-order valence-electron chi connectivity index (χ3n) is 5.63. The maximum atomic E-state index is 5.94. The van der Waals surface area contributed by atoms with E-state index in [2.05, 4.69) is 51.3 Å². The van der Waals surface area contributed by atoms with Crippen molar-refractivity contribution in [3.8, 4) is 0 Å². The van der Waals surface area contributed by atoms with Gasteiger partial charge in [-0.1, -0.05) is 37.3 Å². The lowest BCUT2D eigenvalue weighted by Gasteiger charge is -2.23. The predicted octanol–water partition coefficient (Wildman–Crippen LogP) is 2.44. The van der Waals surface area contributed by atoms with Crippen molar-refractivity contribution < 1.29 is 4.74 Å². The Morgan fingerprint density at radius 1 is 1.15 bits per heavy atom. The molecule has 5 nitrogen and oxygen atoms in total. The Balaban J connectivity index is 1.36. The van der Waals surface area contributed by atoms with Crippen LogP contribution in [0.4, 0.5) is 0 Å². The Hall–Kier alpha value is -1.59. The molecule has 144 valence electrons. The average Bonchev–Trinajstić information content (AvgIpc) is 3.33. The van der Waals surface area contributed by atoms with E-state index in [1.807, 2.05) is 13.1 Å². The Morgan fingerprint density at radius 3 is 2.69 bits per heavy atom. The highest BCUT2D eigenvalue weighted by molar-refractivity contribution is 5.80. The van der Waals surface area contributed by atoms with Crippen molar-refractivity contribution >= 4 is 5.96 Å². The Kier molecular flexibility index (Phi) is 7.32. The van der Waals surface area contributed by atoms with Gasteiger partial charge in [0.15, 0.2) is 5.96 Å². The van der Waals surface area contributed by atoms with Gasteiger partial charge < -0.3 is 19.9 Å². The fourth-order valence-corrected chi connectivity index (χ4v) is 4.01. The van der Waals surface area contributed by atoms with Crippen LogP contribution in [0.5, 0.6) is 0 Å². The second-order valence-corrected chi connectivity index (χ2v) is 7.58. The fourth-order valence-electron chi connectivity index (χ4n) is 4.01. The molecule has 1 N–H and O–H groups in total. The average molecular weight is 359 g/mol. The van der Waals surface area contributed by atoms with Crippen molar-refractivity contribution in [2.24, 2.45) is 16.8 Å². The van der Waals surface area contributed by atoms with Gasteiger partial charge in [0.1, 0.15) is 0 Å². The molecule has 1 aromatic rings. The van der Waals surface area contributed by atoms with E-state index in [0.29, 0.717) is 12.5 Å². The van der Waals surface area contributed by atoms with Crippen molar-refractivity contribution in [2.75, 3.05) is 52.9 Å². The molecule has 2 aliphatic rings. The molecule has 0 amide bonds. The minimum absolute atomic E-state index is 0.597. The van der Waals surface area contributed by atoms with Gasteiger partial charge in [-0.25, -0.2) is 0 Å². The topological polar surface area (TPSA) is 40.1 Å². The number of benzene rings is 1. The molecule has 2 atom stereocenters. The highest BCUT2D eigenvalue weighted by Gasteiger charge is 2.26. The lowest BCUT2D eigenvalue weighted by molar-refractivity contribution is 0.0906. The van der Waals surface area contributed by atoms with Crippen LogP contribution in [0.15, 0.2) is 35.3 Å². The number of ether oxygens (including phenoxy) is 1. The summed E-state index contributed by atoms with van der Waals surface area (Å²) < 4.78 is 5.94. The molecule has 0 saturated carbocycles. The SMILES string of the molecule is CCN1CCC(CNC(=NC)N2CCC(COCc3ccccc3)C2)C1. The molecule has 1 aromatic carbocycles. The van der Waals surface area contributed by atoms with Crippen LogP contribution in [0, 0.1) is 11.8 Å². The van der Waals surface area contributed by atoms with Gasteiger partial charge in [0, 0.05) is 39.1 Å². The van der Waals surface area contributed by atoms with Gasteiger partial charge in [-0.2, -0.15) is 0 Å². The largest absolute Gasteiger partial charge is 0.376 e. The summed E-state index contributed by atoms with van der Waals surface area (Å²) >= 11 is 0. The number of guanidine groups is 1. The number of nitrogens with zero attached hydrogens (tertiary/aromatic N) is 3. The normalized spacial score (nSPS) is 24.4. The minimum atomic E-state index is 0.597. The monoisotopic (exact) mass is 358 g/mol. The molecule has 5 heteroatoms. The fraction of sp³-hybridized carbons (Fsp3) is 0.667. The molecule has 2 saturated heterocycles. The summed E-state index contributed by atoms with van der Waals surface area (Å²) in [5.74, 6) is 2.41. The number of hydrogen-bond acceptors (Lipinski definition) is 3. The molecule has 0 bridgehead atoms. The van der Waals surface area contributed by atoms with E-state index in [-0.39, 0.29) is 0 Å². The summed E-state index contributed by atoms with van der Waals surface area (Å²) in [5, 5.41) is 3.61. The molecule has 0 radical (unpaired) electrons. The predicted molar refractivity (Wildman–Crippen MR) is 107 cm³/mol. The van der Waals surface area contributed by atoms with Crippen LogP contribution in [-0.2, 0) is 11.3 Å². The highest BCUT2D eigenvalue weighted by Crippen LogP contribution is 2.18. The minimum Gasteiger partial charge on any atom is -0.376 e. The maximum absolute atomic E-state index is 5.94. The van der Waals surface area contributed by atoms with Crippen molar-refractivity contribution in [1.82, 2.24) is 15.1 Å². The molecule has 2 heterocycles. The van der Waals surface area contributed by atoms with E-state index in [9.17, 15) is 0 Å². The van der Waals surface area contributed by atoms with E-state index in [1.54, 1.807) is 0 Å². The molecule has 2 aliphatic heterocycles. The lowest BCUT2D eigenvalue weighted by atomic mass is 10.1. The summed E-state index contributed by atoms with van der Waals surface area (Å²) in [6.45, 7) is 10.6. The van der Waals surface area contributed by atoms with Crippen LogP contribution in [0.3, 0.4) is 0 Å². The third-order valence-corrected chi connectivity index (χ3v) is 5.63. The van der Waals surface area contributed by atoms with Gasteiger partial charge in [-0.15, -0.1) is 0 Å². The summed E-state index contributed by atoms with van der Waals surface area (Å²) in [4.78, 5) is 9.43. The zero-order valence-electron chi connectivity index (χ0n) is 16.4. The summed E-state index contributed by atoms with van der Waals surface area (Å²) in [5.41, 5.74) is 1.25. The van der Waals surface area contributed by atoms with Crippen LogP contribution >= 0.6 is 0 Å². The van der Waals surface area contributed by atoms with E-state index in [1.165, 1.54) is 38.0 Å². The van der Waals surface area contributed by atoms with Gasteiger partial charge in [-0.05, 0) is 37.4 Å². The molecular weight excluding hydrogens is 324 g/mol. The van der Waals surface area contributed by atoms with Crippen molar-refractivity contribution in [1.29, 1.82) is 0 Å². The molecule has 2 fully saturated rings. The van der Waals surface area contributed by atoms with Gasteiger partial charge in [0.05, 0.1) is 13.2 Å². The quantitative estimate of drug-likeness (QED) is 0.600. The van der Waals surface area contributed by atoms with Crippen molar-refractivity contribution in [2.45, 2.75) is 26.4 Å². The molecular formula is C21H34N4O. The second-order valence-electron chi connectivity index (χ2n) is 7.58. The molecule has 0 spiro atoms. The maximum Gasteiger partial charge on any atom is 0.193 e.